The van der Waals surface area contributed by atoms with Gasteiger partial charge in [-0.3, -0.25) is 0 Å². The molecule has 0 saturated heterocycles. The third-order valence-corrected chi connectivity index (χ3v) is 30.1. The van der Waals surface area contributed by atoms with Crippen LogP contribution in [0.1, 0.15) is 347 Å². The van der Waals surface area contributed by atoms with E-state index >= 15 is 0 Å². The lowest BCUT2D eigenvalue weighted by atomic mass is 9.56. The molecule has 0 aliphatic heterocycles. The Hall–Kier alpha value is -0.780. The predicted molar refractivity (Wildman–Crippen MR) is 347 cm³/mol. The lowest BCUT2D eigenvalue weighted by Gasteiger charge is -2.49. The van der Waals surface area contributed by atoms with Crippen LogP contribution in [0, 0.1) is 124 Å². The lowest BCUT2D eigenvalue weighted by molar-refractivity contribution is 0.0164. The van der Waals surface area contributed by atoms with Gasteiger partial charge in [0.05, 0.1) is 0 Å². The maximum absolute atomic E-state index is 2.80. The molecule has 456 valence electrons. The molecular formula is C81H132. The minimum absolute atomic E-state index is 0.932. The summed E-state index contributed by atoms with van der Waals surface area (Å²) in [5.74, 6) is 22.2. The van der Waals surface area contributed by atoms with Crippen molar-refractivity contribution in [1.29, 1.82) is 0 Å². The highest BCUT2D eigenvalue weighted by molar-refractivity contribution is 5.10. The fraction of sp³-hybridized carbons (Fsp3) is 0.926. The Labute approximate surface area is 503 Å². The summed E-state index contributed by atoms with van der Waals surface area (Å²) in [4.78, 5) is 0. The smallest absolute Gasteiger partial charge is 0.0231 e. The molecule has 0 amide bonds. The molecule has 0 N–H and O–H groups in total. The highest BCUT2D eigenvalue weighted by Gasteiger charge is 2.45. The highest BCUT2D eigenvalue weighted by Crippen LogP contribution is 2.56. The minimum atomic E-state index is 0.932. The van der Waals surface area contributed by atoms with E-state index in [-0.39, 0.29) is 0 Å². The van der Waals surface area contributed by atoms with Crippen molar-refractivity contribution in [3.05, 3.63) is 34.9 Å². The Morgan fingerprint density at radius 1 is 0.148 bits per heavy atom. The standard InChI is InChI=1S/C81H132/c1-4-10-58(11-5-1)52-61-16-22-64(23-17-61)67-28-34-70(35-29-67)73-40-46-76(47-41-73)79-55-80(77-48-42-74(43-49-77)71-36-30-68(31-37-71)65-24-18-62(19-25-65)53-59-12-6-2-7-13-59)57-81(56-79)78-50-44-75(45-51-78)72-38-32-69(33-39-72)66-26-20-63(21-27-66)54-60-14-8-3-9-15-60/h52-54,61-81H,1-51,55-57H2. The molecule has 13 aliphatic carbocycles. The van der Waals surface area contributed by atoms with Gasteiger partial charge in [0.1, 0.15) is 0 Å². The minimum Gasteiger partial charge on any atom is -0.0822 e. The van der Waals surface area contributed by atoms with Crippen molar-refractivity contribution in [3.8, 4) is 0 Å². The molecule has 0 aromatic heterocycles. The maximum atomic E-state index is 2.80. The highest BCUT2D eigenvalue weighted by atomic mass is 14.5. The largest absolute Gasteiger partial charge is 0.0822 e. The lowest BCUT2D eigenvalue weighted by Crippen LogP contribution is -2.39. The van der Waals surface area contributed by atoms with Gasteiger partial charge in [-0.05, 0) is 452 Å². The number of hydrogen-bond acceptors (Lipinski definition) is 0. The third kappa shape index (κ3) is 15.7. The molecule has 0 nitrogen and oxygen atoms in total. The molecule has 0 atom stereocenters. The number of hydrogen-bond donors (Lipinski definition) is 0. The van der Waals surface area contributed by atoms with Gasteiger partial charge in [-0.25, -0.2) is 0 Å². The van der Waals surface area contributed by atoms with Crippen LogP contribution in [-0.4, -0.2) is 0 Å². The molecular weight excluding hydrogens is 973 g/mol. The average molecular weight is 1110 g/mol. The second kappa shape index (κ2) is 29.5. The fourth-order valence-corrected chi connectivity index (χ4v) is 25.0. The van der Waals surface area contributed by atoms with Gasteiger partial charge in [-0.1, -0.05) is 54.2 Å². The number of allylic oxidation sites excluding steroid dienone is 6. The zero-order valence-corrected chi connectivity index (χ0v) is 53.5. The van der Waals surface area contributed by atoms with Crippen molar-refractivity contribution in [2.24, 2.45) is 124 Å². The van der Waals surface area contributed by atoms with Gasteiger partial charge in [0.15, 0.2) is 0 Å². The van der Waals surface area contributed by atoms with E-state index < -0.39 is 0 Å². The van der Waals surface area contributed by atoms with Gasteiger partial charge in [0, 0.05) is 0 Å². The summed E-state index contributed by atoms with van der Waals surface area (Å²) < 4.78 is 0. The SMILES string of the molecule is C(=C1CCCCC1)C1CCC(C2CCC(C3CCC(C4CC(C5CCC(C6CCC(C7CCC(C=C8CCCCC8)CC7)CC6)CC5)CC(C5CCC(C6CCC(C7CCC(C=C8CCCCC8)CC7)CC6)CC5)C4)CC3)CC2)CC1. The van der Waals surface area contributed by atoms with Crippen LogP contribution >= 0.6 is 0 Å². The Balaban J connectivity index is 0.574. The Morgan fingerprint density at radius 2 is 0.284 bits per heavy atom. The Bertz CT molecular complexity index is 1670. The van der Waals surface area contributed by atoms with Gasteiger partial charge in [-0.15, -0.1) is 0 Å². The molecule has 0 aromatic carbocycles. The van der Waals surface area contributed by atoms with Gasteiger partial charge in [0.25, 0.3) is 0 Å². The van der Waals surface area contributed by atoms with Crippen LogP contribution < -0.4 is 0 Å². The van der Waals surface area contributed by atoms with Crippen molar-refractivity contribution >= 4 is 0 Å². The van der Waals surface area contributed by atoms with Crippen LogP contribution in [0.15, 0.2) is 34.9 Å². The first-order chi connectivity index (χ1) is 40.0. The number of rotatable bonds is 12. The van der Waals surface area contributed by atoms with Gasteiger partial charge in [0.2, 0.25) is 0 Å². The van der Waals surface area contributed by atoms with E-state index in [2.05, 4.69) is 18.2 Å². The topological polar surface area (TPSA) is 0 Å². The van der Waals surface area contributed by atoms with E-state index in [0.717, 1.165) is 124 Å². The Kier molecular flexibility index (Phi) is 21.5. The van der Waals surface area contributed by atoms with E-state index in [9.17, 15) is 0 Å². The first kappa shape index (κ1) is 59.2. The van der Waals surface area contributed by atoms with E-state index in [1.807, 2.05) is 16.7 Å². The molecule has 81 heavy (non-hydrogen) atoms. The van der Waals surface area contributed by atoms with Crippen molar-refractivity contribution in [2.75, 3.05) is 0 Å². The van der Waals surface area contributed by atoms with Gasteiger partial charge in [-0.2, -0.15) is 0 Å². The Morgan fingerprint density at radius 3 is 0.444 bits per heavy atom. The molecule has 13 aliphatic rings. The normalized spacial score (nSPS) is 45.6. The molecule has 13 fully saturated rings. The van der Waals surface area contributed by atoms with Crippen molar-refractivity contribution < 1.29 is 0 Å². The fourth-order valence-electron chi connectivity index (χ4n) is 25.0. The van der Waals surface area contributed by atoms with Crippen LogP contribution in [0.2, 0.25) is 0 Å². The van der Waals surface area contributed by atoms with Crippen molar-refractivity contribution in [1.82, 2.24) is 0 Å². The summed E-state index contributed by atoms with van der Waals surface area (Å²) in [6.45, 7) is 0. The van der Waals surface area contributed by atoms with Crippen molar-refractivity contribution in [2.45, 2.75) is 347 Å². The molecule has 13 saturated carbocycles. The second-order valence-corrected chi connectivity index (χ2v) is 34.2. The summed E-state index contributed by atoms with van der Waals surface area (Å²) in [6.07, 6.45) is 92.3. The summed E-state index contributed by atoms with van der Waals surface area (Å²) in [6, 6.07) is 0. The van der Waals surface area contributed by atoms with Crippen LogP contribution in [-0.2, 0) is 0 Å². The molecule has 0 heterocycles. The zero-order valence-electron chi connectivity index (χ0n) is 53.5. The van der Waals surface area contributed by atoms with Crippen LogP contribution in [0.5, 0.6) is 0 Å². The summed E-state index contributed by atoms with van der Waals surface area (Å²) in [7, 11) is 0. The molecule has 0 bridgehead atoms. The zero-order chi connectivity index (χ0) is 54.2. The molecule has 0 radical (unpaired) electrons. The summed E-state index contributed by atoms with van der Waals surface area (Å²) in [5, 5.41) is 0. The first-order valence-corrected chi connectivity index (χ1v) is 39.1. The van der Waals surface area contributed by atoms with Crippen LogP contribution in [0.3, 0.4) is 0 Å². The molecule has 0 aromatic rings. The first-order valence-electron chi connectivity index (χ1n) is 39.1. The monoisotopic (exact) mass is 1110 g/mol. The van der Waals surface area contributed by atoms with Gasteiger partial charge < -0.3 is 0 Å². The van der Waals surface area contributed by atoms with Crippen molar-refractivity contribution in [3.63, 3.8) is 0 Å². The predicted octanol–water partition coefficient (Wildman–Crippen LogP) is 24.9. The van der Waals surface area contributed by atoms with E-state index in [1.54, 1.807) is 212 Å². The molecule has 0 spiro atoms. The second-order valence-electron chi connectivity index (χ2n) is 34.2. The van der Waals surface area contributed by atoms with E-state index in [0.29, 0.717) is 0 Å². The van der Waals surface area contributed by atoms with Crippen LogP contribution in [0.4, 0.5) is 0 Å². The van der Waals surface area contributed by atoms with Gasteiger partial charge >= 0.3 is 0 Å². The molecule has 0 unspecified atom stereocenters. The van der Waals surface area contributed by atoms with E-state index in [4.69, 9.17) is 0 Å². The average Bonchev–Trinajstić information content (AvgIpc) is 3.55. The van der Waals surface area contributed by atoms with Crippen LogP contribution in [0.25, 0.3) is 0 Å². The molecule has 13 rings (SSSR count). The maximum Gasteiger partial charge on any atom is -0.0231 e. The molecule has 0 heteroatoms. The van der Waals surface area contributed by atoms with E-state index in [1.165, 1.54) is 135 Å². The quantitative estimate of drug-likeness (QED) is 0.171. The summed E-state index contributed by atoms with van der Waals surface area (Å²) >= 11 is 0. The summed E-state index contributed by atoms with van der Waals surface area (Å²) in [5.41, 5.74) is 5.53. The third-order valence-electron chi connectivity index (χ3n) is 30.1.